The van der Waals surface area contributed by atoms with Crippen LogP contribution >= 0.6 is 46.8 Å². The lowest BCUT2D eigenvalue weighted by atomic mass is 10.4. The maximum atomic E-state index is 11.8. The minimum Gasteiger partial charge on any atom is -0.277 e. The van der Waals surface area contributed by atoms with Crippen LogP contribution in [0.3, 0.4) is 0 Å². The predicted molar refractivity (Wildman–Crippen MR) is 70.0 cm³/mol. The molecule has 0 unspecified atom stereocenters. The van der Waals surface area contributed by atoms with Crippen molar-refractivity contribution in [3.05, 3.63) is 27.2 Å². The zero-order valence-electron chi connectivity index (χ0n) is 8.60. The van der Waals surface area contributed by atoms with Crippen molar-refractivity contribution in [3.8, 4) is 0 Å². The van der Waals surface area contributed by atoms with Gasteiger partial charge in [0.15, 0.2) is 6.67 Å². The van der Waals surface area contributed by atoms with Crippen LogP contribution in [-0.4, -0.2) is 18.6 Å². The molecule has 1 aromatic carbocycles. The van der Waals surface area contributed by atoms with Gasteiger partial charge < -0.3 is 0 Å². The van der Waals surface area contributed by atoms with Crippen LogP contribution in [0, 0.1) is 0 Å². The fourth-order valence-corrected chi connectivity index (χ4v) is 2.16. The van der Waals surface area contributed by atoms with Gasteiger partial charge in [0.1, 0.15) is 0 Å². The first-order valence-corrected chi connectivity index (χ1v) is 6.37. The summed E-state index contributed by atoms with van der Waals surface area (Å²) in [5, 5.41) is 2.37. The van der Waals surface area contributed by atoms with Gasteiger partial charge in [-0.25, -0.2) is 9.18 Å². The lowest BCUT2D eigenvalue weighted by molar-refractivity contribution is -0.120. The SMILES string of the molecule is O=C(CF)NC(=O)NSc1ccc(Cl)c(Cl)c1Cl. The van der Waals surface area contributed by atoms with E-state index in [0.717, 1.165) is 11.9 Å². The van der Waals surface area contributed by atoms with Gasteiger partial charge in [-0.3, -0.25) is 14.8 Å². The number of carbonyl (C=O) groups excluding carboxylic acids is 2. The average molecular weight is 332 g/mol. The summed E-state index contributed by atoms with van der Waals surface area (Å²) in [5.74, 6) is -1.03. The van der Waals surface area contributed by atoms with E-state index in [4.69, 9.17) is 34.8 Å². The number of halogens is 4. The molecule has 1 aromatic rings. The summed E-state index contributed by atoms with van der Waals surface area (Å²) in [7, 11) is 0. The highest BCUT2D eigenvalue weighted by atomic mass is 35.5. The van der Waals surface area contributed by atoms with Gasteiger partial charge in [0.05, 0.1) is 15.1 Å². The van der Waals surface area contributed by atoms with E-state index in [1.807, 2.05) is 0 Å². The van der Waals surface area contributed by atoms with Gasteiger partial charge in [-0.2, -0.15) is 0 Å². The monoisotopic (exact) mass is 330 g/mol. The highest BCUT2D eigenvalue weighted by Crippen LogP contribution is 2.36. The van der Waals surface area contributed by atoms with E-state index < -0.39 is 18.6 Å². The van der Waals surface area contributed by atoms with E-state index >= 15 is 0 Å². The van der Waals surface area contributed by atoms with Crippen LogP contribution < -0.4 is 10.0 Å². The van der Waals surface area contributed by atoms with Gasteiger partial charge in [-0.05, 0) is 24.1 Å². The number of imide groups is 1. The molecule has 18 heavy (non-hydrogen) atoms. The first kappa shape index (κ1) is 15.4. The first-order chi connectivity index (χ1) is 8.45. The van der Waals surface area contributed by atoms with Crippen molar-refractivity contribution in [1.82, 2.24) is 10.0 Å². The molecular weight excluding hydrogens is 326 g/mol. The Kier molecular flexibility index (Phi) is 6.01. The molecule has 0 aliphatic carbocycles. The van der Waals surface area contributed by atoms with Crippen molar-refractivity contribution < 1.29 is 14.0 Å². The maximum Gasteiger partial charge on any atom is 0.331 e. The third-order valence-corrected chi connectivity index (χ3v) is 3.88. The van der Waals surface area contributed by atoms with Gasteiger partial charge in [0, 0.05) is 4.90 Å². The predicted octanol–water partition coefficient (Wildman–Crippen LogP) is 3.45. The number of amides is 3. The van der Waals surface area contributed by atoms with E-state index in [-0.39, 0.29) is 15.1 Å². The Balaban J connectivity index is 2.62. The van der Waals surface area contributed by atoms with Crippen LogP contribution in [-0.2, 0) is 4.79 Å². The number of hydrogen-bond donors (Lipinski definition) is 2. The zero-order chi connectivity index (χ0) is 13.7. The quantitative estimate of drug-likeness (QED) is 0.659. The van der Waals surface area contributed by atoms with E-state index in [0.29, 0.717) is 4.90 Å². The second-order valence-electron chi connectivity index (χ2n) is 2.89. The Hall–Kier alpha value is -0.690. The smallest absolute Gasteiger partial charge is 0.277 e. The van der Waals surface area contributed by atoms with Gasteiger partial charge >= 0.3 is 6.03 Å². The Labute approximate surface area is 121 Å². The third kappa shape index (κ3) is 4.20. The Bertz CT molecular complexity index is 487. The lowest BCUT2D eigenvalue weighted by Crippen LogP contribution is -2.37. The van der Waals surface area contributed by atoms with Crippen LogP contribution in [0.4, 0.5) is 9.18 Å². The molecule has 0 saturated carbocycles. The molecule has 2 N–H and O–H groups in total. The molecule has 0 aliphatic heterocycles. The van der Waals surface area contributed by atoms with Crippen LogP contribution in [0.15, 0.2) is 17.0 Å². The van der Waals surface area contributed by atoms with Gasteiger partial charge in [-0.15, -0.1) is 0 Å². The zero-order valence-corrected chi connectivity index (χ0v) is 11.7. The second kappa shape index (κ2) is 7.04. The molecule has 0 aliphatic rings. The molecule has 0 aromatic heterocycles. The summed E-state index contributed by atoms with van der Waals surface area (Å²) in [5.41, 5.74) is 0. The lowest BCUT2D eigenvalue weighted by Gasteiger charge is -2.07. The molecule has 0 heterocycles. The number of rotatable bonds is 3. The van der Waals surface area contributed by atoms with Crippen molar-refractivity contribution in [1.29, 1.82) is 0 Å². The molecule has 4 nitrogen and oxygen atoms in total. The Morgan fingerprint density at radius 3 is 2.50 bits per heavy atom. The van der Waals surface area contributed by atoms with Crippen molar-refractivity contribution in [2.75, 3.05) is 6.67 Å². The molecule has 0 atom stereocenters. The number of alkyl halides is 1. The summed E-state index contributed by atoms with van der Waals surface area (Å²) in [4.78, 5) is 22.1. The largest absolute Gasteiger partial charge is 0.331 e. The minimum absolute atomic E-state index is 0.158. The van der Waals surface area contributed by atoms with Gasteiger partial charge in [-0.1, -0.05) is 34.8 Å². The van der Waals surface area contributed by atoms with Crippen LogP contribution in [0.1, 0.15) is 0 Å². The number of nitrogens with one attached hydrogen (secondary N) is 2. The normalized spacial score (nSPS) is 10.0. The number of urea groups is 1. The van der Waals surface area contributed by atoms with Crippen molar-refractivity contribution in [3.63, 3.8) is 0 Å². The molecule has 0 bridgehead atoms. The van der Waals surface area contributed by atoms with Crippen molar-refractivity contribution in [2.24, 2.45) is 0 Å². The van der Waals surface area contributed by atoms with E-state index in [9.17, 15) is 14.0 Å². The molecule has 0 radical (unpaired) electrons. The molecule has 0 saturated heterocycles. The highest BCUT2D eigenvalue weighted by Gasteiger charge is 2.11. The molecule has 1 rings (SSSR count). The first-order valence-electron chi connectivity index (χ1n) is 4.41. The molecule has 98 valence electrons. The van der Waals surface area contributed by atoms with E-state index in [1.54, 1.807) is 11.4 Å². The topological polar surface area (TPSA) is 58.2 Å². The fourth-order valence-electron chi connectivity index (χ4n) is 0.874. The summed E-state index contributed by atoms with van der Waals surface area (Å²) in [6.07, 6.45) is 0. The van der Waals surface area contributed by atoms with Gasteiger partial charge in [0.2, 0.25) is 0 Å². The second-order valence-corrected chi connectivity index (χ2v) is 4.90. The number of hydrogen-bond acceptors (Lipinski definition) is 3. The highest BCUT2D eigenvalue weighted by molar-refractivity contribution is 7.98. The van der Waals surface area contributed by atoms with Gasteiger partial charge in [0.25, 0.3) is 5.91 Å². The molecule has 0 spiro atoms. The van der Waals surface area contributed by atoms with Crippen molar-refractivity contribution in [2.45, 2.75) is 4.90 Å². The molecule has 3 amide bonds. The third-order valence-electron chi connectivity index (χ3n) is 1.63. The summed E-state index contributed by atoms with van der Waals surface area (Å²) in [6.45, 7) is -1.27. The number of benzene rings is 1. The molecule has 9 heteroatoms. The summed E-state index contributed by atoms with van der Waals surface area (Å²) >= 11 is 18.2. The molecular formula is C9H6Cl3FN2O2S. The maximum absolute atomic E-state index is 11.8. The summed E-state index contributed by atoms with van der Waals surface area (Å²) in [6, 6.07) is 2.19. The standard InChI is InChI=1S/C9H6Cl3FN2O2S/c10-4-1-2-5(8(12)7(4)11)18-15-9(17)14-6(16)3-13/h1-2H,3H2,(H2,14,15,16,17). The Morgan fingerprint density at radius 2 is 1.89 bits per heavy atom. The van der Waals surface area contributed by atoms with Crippen molar-refractivity contribution >= 4 is 58.7 Å². The Morgan fingerprint density at radius 1 is 1.22 bits per heavy atom. The molecule has 0 fully saturated rings. The van der Waals surface area contributed by atoms with E-state index in [1.165, 1.54) is 6.07 Å². The fraction of sp³-hybridized carbons (Fsp3) is 0.111. The number of carbonyl (C=O) groups is 2. The van der Waals surface area contributed by atoms with E-state index in [2.05, 4.69) is 4.72 Å². The summed E-state index contributed by atoms with van der Waals surface area (Å²) < 4.78 is 14.1. The minimum atomic E-state index is -1.27. The van der Waals surface area contributed by atoms with Crippen LogP contribution in [0.2, 0.25) is 15.1 Å². The van der Waals surface area contributed by atoms with Crippen LogP contribution in [0.25, 0.3) is 0 Å². The average Bonchev–Trinajstić information content (AvgIpc) is 2.35. The van der Waals surface area contributed by atoms with Crippen LogP contribution in [0.5, 0.6) is 0 Å².